The van der Waals surface area contributed by atoms with E-state index in [0.717, 1.165) is 44.3 Å². The zero-order valence-electron chi connectivity index (χ0n) is 20.9. The molecule has 1 N–H and O–H groups in total. The van der Waals surface area contributed by atoms with Crippen molar-refractivity contribution >= 4 is 27.5 Å². The summed E-state index contributed by atoms with van der Waals surface area (Å²) in [4.78, 5) is 30.0. The van der Waals surface area contributed by atoms with Crippen LogP contribution >= 0.6 is 0 Å². The third kappa shape index (κ3) is 6.58. The number of nitrogens with one attached hydrogen (secondary N) is 1. The number of nitrogens with zero attached hydrogens (tertiary/aromatic N) is 3. The van der Waals surface area contributed by atoms with Crippen LogP contribution in [-0.2, 0) is 19.6 Å². The summed E-state index contributed by atoms with van der Waals surface area (Å²) in [6.07, 6.45) is 6.17. The first kappa shape index (κ1) is 26.6. The highest BCUT2D eigenvalue weighted by Gasteiger charge is 2.29. The van der Waals surface area contributed by atoms with Crippen LogP contribution in [0.25, 0.3) is 0 Å². The van der Waals surface area contributed by atoms with Crippen molar-refractivity contribution < 1.29 is 18.0 Å². The topological polar surface area (TPSA) is 90.0 Å². The summed E-state index contributed by atoms with van der Waals surface area (Å²) < 4.78 is 27.1. The van der Waals surface area contributed by atoms with E-state index in [0.29, 0.717) is 31.9 Å². The van der Waals surface area contributed by atoms with Gasteiger partial charge in [-0.05, 0) is 63.4 Å². The lowest BCUT2D eigenvalue weighted by atomic mass is 9.95. The molecule has 0 aliphatic carbocycles. The minimum atomic E-state index is -3.59. The number of aryl methyl sites for hydroxylation is 1. The van der Waals surface area contributed by atoms with E-state index >= 15 is 0 Å². The van der Waals surface area contributed by atoms with E-state index in [2.05, 4.69) is 10.2 Å². The Morgan fingerprint density at radius 3 is 2.21 bits per heavy atom. The van der Waals surface area contributed by atoms with E-state index in [1.807, 2.05) is 25.7 Å². The first-order valence-corrected chi connectivity index (χ1v) is 14.1. The monoisotopic (exact) mass is 492 g/mol. The van der Waals surface area contributed by atoms with Gasteiger partial charge in [0, 0.05) is 37.8 Å². The second-order valence-electron chi connectivity index (χ2n) is 9.40. The van der Waals surface area contributed by atoms with Gasteiger partial charge in [-0.15, -0.1) is 0 Å². The summed E-state index contributed by atoms with van der Waals surface area (Å²) in [6.45, 7) is 9.68. The number of benzene rings is 1. The standard InChI is InChI=1S/C25H40N4O4S/c1-4-29(5-2)34(32,33)22-11-10-20(3)23(18-22)26-24(30)19-27-16-12-21(13-17-27)25(31)28-14-8-6-7-9-15-28/h10-11,18,21H,4-9,12-17,19H2,1-3H3,(H,26,30). The number of hydrogen-bond acceptors (Lipinski definition) is 5. The summed E-state index contributed by atoms with van der Waals surface area (Å²) in [5.41, 5.74) is 1.33. The van der Waals surface area contributed by atoms with E-state index < -0.39 is 10.0 Å². The van der Waals surface area contributed by atoms with Crippen LogP contribution in [-0.4, -0.2) is 80.2 Å². The van der Waals surface area contributed by atoms with Gasteiger partial charge in [-0.3, -0.25) is 14.5 Å². The number of carbonyl (C=O) groups is 2. The van der Waals surface area contributed by atoms with Crippen LogP contribution in [0.5, 0.6) is 0 Å². The molecule has 0 aromatic heterocycles. The number of piperidine rings is 1. The Hall–Kier alpha value is -1.97. The molecular formula is C25H40N4O4S. The summed E-state index contributed by atoms with van der Waals surface area (Å²) in [5, 5.41) is 2.90. The summed E-state index contributed by atoms with van der Waals surface area (Å²) in [6, 6.07) is 4.86. The fourth-order valence-corrected chi connectivity index (χ4v) is 6.37. The molecule has 8 nitrogen and oxygen atoms in total. The molecule has 2 saturated heterocycles. The van der Waals surface area contributed by atoms with Crippen molar-refractivity contribution in [1.29, 1.82) is 0 Å². The third-order valence-electron chi connectivity index (χ3n) is 7.05. The average Bonchev–Trinajstić information content (AvgIpc) is 3.11. The molecule has 0 atom stereocenters. The minimum absolute atomic E-state index is 0.0571. The number of sulfonamides is 1. The van der Waals surface area contributed by atoms with Crippen LogP contribution in [0.3, 0.4) is 0 Å². The molecule has 0 bridgehead atoms. The van der Waals surface area contributed by atoms with Crippen LogP contribution in [0.4, 0.5) is 5.69 Å². The van der Waals surface area contributed by atoms with Gasteiger partial charge in [0.15, 0.2) is 0 Å². The normalized spacial score (nSPS) is 18.6. The number of likely N-dealkylation sites (tertiary alicyclic amines) is 2. The van der Waals surface area contributed by atoms with Gasteiger partial charge in [-0.1, -0.05) is 32.8 Å². The van der Waals surface area contributed by atoms with Gasteiger partial charge in [0.1, 0.15) is 0 Å². The predicted molar refractivity (Wildman–Crippen MR) is 134 cm³/mol. The molecule has 2 aliphatic heterocycles. The van der Waals surface area contributed by atoms with Crippen molar-refractivity contribution in [2.45, 2.75) is 64.2 Å². The van der Waals surface area contributed by atoms with Gasteiger partial charge in [0.25, 0.3) is 0 Å². The molecule has 190 valence electrons. The second-order valence-corrected chi connectivity index (χ2v) is 11.3. The van der Waals surface area contributed by atoms with E-state index in [4.69, 9.17) is 0 Å². The van der Waals surface area contributed by atoms with E-state index in [9.17, 15) is 18.0 Å². The summed E-state index contributed by atoms with van der Waals surface area (Å²) in [7, 11) is -3.59. The molecule has 2 heterocycles. The highest BCUT2D eigenvalue weighted by Crippen LogP contribution is 2.24. The quantitative estimate of drug-likeness (QED) is 0.602. The maximum Gasteiger partial charge on any atom is 0.243 e. The highest BCUT2D eigenvalue weighted by molar-refractivity contribution is 7.89. The van der Waals surface area contributed by atoms with Crippen LogP contribution < -0.4 is 5.32 Å². The number of hydrogen-bond donors (Lipinski definition) is 1. The first-order chi connectivity index (χ1) is 16.3. The van der Waals surface area contributed by atoms with Gasteiger partial charge in [-0.25, -0.2) is 8.42 Å². The maximum absolute atomic E-state index is 12.9. The zero-order valence-corrected chi connectivity index (χ0v) is 21.7. The van der Waals surface area contributed by atoms with Crippen molar-refractivity contribution in [3.05, 3.63) is 23.8 Å². The molecule has 1 aromatic rings. The Morgan fingerprint density at radius 1 is 1.00 bits per heavy atom. The second kappa shape index (κ2) is 12.1. The number of anilines is 1. The Kier molecular flexibility index (Phi) is 9.50. The lowest BCUT2D eigenvalue weighted by molar-refractivity contribution is -0.137. The van der Waals surface area contributed by atoms with Crippen LogP contribution in [0.2, 0.25) is 0 Å². The molecule has 1 aromatic carbocycles. The van der Waals surface area contributed by atoms with Crippen molar-refractivity contribution in [3.63, 3.8) is 0 Å². The predicted octanol–water partition coefficient (Wildman–Crippen LogP) is 3.08. The Morgan fingerprint density at radius 2 is 1.62 bits per heavy atom. The molecular weight excluding hydrogens is 452 g/mol. The Balaban J connectivity index is 1.55. The molecule has 0 spiro atoms. The number of amides is 2. The lowest BCUT2D eigenvalue weighted by Crippen LogP contribution is -2.44. The molecule has 2 aliphatic rings. The average molecular weight is 493 g/mol. The molecule has 0 radical (unpaired) electrons. The number of rotatable bonds is 8. The molecule has 34 heavy (non-hydrogen) atoms. The first-order valence-electron chi connectivity index (χ1n) is 12.7. The lowest BCUT2D eigenvalue weighted by Gasteiger charge is -2.33. The van der Waals surface area contributed by atoms with Crippen LogP contribution in [0, 0.1) is 12.8 Å². The molecule has 0 unspecified atom stereocenters. The SMILES string of the molecule is CCN(CC)S(=O)(=O)c1ccc(C)c(NC(=O)CN2CCC(C(=O)N3CCCCCC3)CC2)c1. The fraction of sp³-hybridized carbons (Fsp3) is 0.680. The van der Waals surface area contributed by atoms with E-state index in [1.165, 1.54) is 17.1 Å². The molecule has 9 heteroatoms. The number of carbonyl (C=O) groups excluding carboxylic acids is 2. The van der Waals surface area contributed by atoms with Gasteiger partial charge in [-0.2, -0.15) is 4.31 Å². The van der Waals surface area contributed by atoms with Crippen LogP contribution in [0.15, 0.2) is 23.1 Å². The van der Waals surface area contributed by atoms with Crippen molar-refractivity contribution in [3.8, 4) is 0 Å². The highest BCUT2D eigenvalue weighted by atomic mass is 32.2. The molecule has 0 saturated carbocycles. The maximum atomic E-state index is 12.9. The molecule has 2 fully saturated rings. The van der Waals surface area contributed by atoms with Gasteiger partial charge in [0.05, 0.1) is 11.4 Å². The van der Waals surface area contributed by atoms with Crippen LogP contribution in [0.1, 0.15) is 57.9 Å². The zero-order chi connectivity index (χ0) is 24.7. The Bertz CT molecular complexity index is 946. The molecule has 3 rings (SSSR count). The van der Waals surface area contributed by atoms with Gasteiger partial charge < -0.3 is 10.2 Å². The smallest absolute Gasteiger partial charge is 0.243 e. The largest absolute Gasteiger partial charge is 0.342 e. The fourth-order valence-electron chi connectivity index (χ4n) is 4.89. The Labute approximate surface area is 204 Å². The van der Waals surface area contributed by atoms with Gasteiger partial charge in [0.2, 0.25) is 21.8 Å². The third-order valence-corrected chi connectivity index (χ3v) is 9.09. The van der Waals surface area contributed by atoms with Gasteiger partial charge >= 0.3 is 0 Å². The summed E-state index contributed by atoms with van der Waals surface area (Å²) >= 11 is 0. The van der Waals surface area contributed by atoms with E-state index in [1.54, 1.807) is 18.2 Å². The van der Waals surface area contributed by atoms with Crippen molar-refractivity contribution in [1.82, 2.24) is 14.1 Å². The minimum Gasteiger partial charge on any atom is -0.342 e. The van der Waals surface area contributed by atoms with Crippen molar-refractivity contribution in [2.75, 3.05) is 51.1 Å². The molecule has 2 amide bonds. The summed E-state index contributed by atoms with van der Waals surface area (Å²) in [5.74, 6) is 0.173. The van der Waals surface area contributed by atoms with Crippen molar-refractivity contribution in [2.24, 2.45) is 5.92 Å². The van der Waals surface area contributed by atoms with E-state index in [-0.39, 0.29) is 29.2 Å².